The van der Waals surface area contributed by atoms with Gasteiger partial charge < -0.3 is 5.32 Å². The van der Waals surface area contributed by atoms with Crippen molar-refractivity contribution in [1.82, 2.24) is 5.32 Å². The van der Waals surface area contributed by atoms with Crippen molar-refractivity contribution in [3.63, 3.8) is 0 Å². The van der Waals surface area contributed by atoms with E-state index < -0.39 is 0 Å². The van der Waals surface area contributed by atoms with E-state index >= 15 is 0 Å². The van der Waals surface area contributed by atoms with Gasteiger partial charge in [-0.1, -0.05) is 20.8 Å². The van der Waals surface area contributed by atoms with E-state index in [-0.39, 0.29) is 5.91 Å². The van der Waals surface area contributed by atoms with E-state index in [1.807, 2.05) is 13.8 Å². The molecule has 0 heterocycles. The molecule has 1 N–H and O–H groups in total. The lowest BCUT2D eigenvalue weighted by Gasteiger charge is -2.09. The molecule has 2 unspecified atom stereocenters. The van der Waals surface area contributed by atoms with Crippen molar-refractivity contribution in [1.29, 1.82) is 0 Å². The molecule has 0 aromatic heterocycles. The zero-order chi connectivity index (χ0) is 9.56. The standard InChI is InChI=1S/C8H15NO.C2H6/c1-6-3-4-8(5-6)9-7(2)10;1-2/h6,8H,3-5H2,1-2H3,(H,9,10);1-2H3. The Morgan fingerprint density at radius 1 is 1.33 bits per heavy atom. The summed E-state index contributed by atoms with van der Waals surface area (Å²) in [6, 6.07) is 0.465. The summed E-state index contributed by atoms with van der Waals surface area (Å²) in [4.78, 5) is 10.6. The van der Waals surface area contributed by atoms with Crippen LogP contribution in [0, 0.1) is 5.92 Å². The van der Waals surface area contributed by atoms with Crippen LogP contribution >= 0.6 is 0 Å². The predicted octanol–water partition coefficient (Wildman–Crippen LogP) is 2.34. The molecule has 1 aliphatic carbocycles. The Labute approximate surface area is 75.7 Å². The fourth-order valence-corrected chi connectivity index (χ4v) is 1.63. The molecule has 1 fully saturated rings. The van der Waals surface area contributed by atoms with Crippen molar-refractivity contribution < 1.29 is 4.79 Å². The molecule has 0 aromatic carbocycles. The van der Waals surface area contributed by atoms with E-state index in [0.717, 1.165) is 5.92 Å². The second-order valence-electron chi connectivity index (χ2n) is 3.32. The predicted molar refractivity (Wildman–Crippen MR) is 52.0 cm³/mol. The smallest absolute Gasteiger partial charge is 0.217 e. The van der Waals surface area contributed by atoms with E-state index in [2.05, 4.69) is 12.2 Å². The van der Waals surface area contributed by atoms with Gasteiger partial charge in [0.2, 0.25) is 5.91 Å². The first-order valence-corrected chi connectivity index (χ1v) is 4.95. The molecule has 2 heteroatoms. The second kappa shape index (κ2) is 6.04. The van der Waals surface area contributed by atoms with E-state index in [9.17, 15) is 4.79 Å². The van der Waals surface area contributed by atoms with Gasteiger partial charge in [-0.25, -0.2) is 0 Å². The Morgan fingerprint density at radius 3 is 2.25 bits per heavy atom. The van der Waals surface area contributed by atoms with Gasteiger partial charge in [0.05, 0.1) is 0 Å². The van der Waals surface area contributed by atoms with Gasteiger partial charge in [0.15, 0.2) is 0 Å². The van der Waals surface area contributed by atoms with Gasteiger partial charge in [-0.3, -0.25) is 4.79 Å². The molecule has 0 aromatic rings. The lowest BCUT2D eigenvalue weighted by Crippen LogP contribution is -2.30. The van der Waals surface area contributed by atoms with Crippen LogP contribution < -0.4 is 5.32 Å². The Balaban J connectivity index is 0.000000561. The van der Waals surface area contributed by atoms with Gasteiger partial charge in [0.1, 0.15) is 0 Å². The molecule has 0 spiro atoms. The lowest BCUT2D eigenvalue weighted by atomic mass is 10.1. The van der Waals surface area contributed by atoms with Gasteiger partial charge in [-0.2, -0.15) is 0 Å². The van der Waals surface area contributed by atoms with Crippen molar-refractivity contribution in [3.8, 4) is 0 Å². The van der Waals surface area contributed by atoms with E-state index in [1.54, 1.807) is 6.92 Å². The van der Waals surface area contributed by atoms with Gasteiger partial charge in [0, 0.05) is 13.0 Å². The van der Waals surface area contributed by atoms with Gasteiger partial charge >= 0.3 is 0 Å². The summed E-state index contributed by atoms with van der Waals surface area (Å²) >= 11 is 0. The van der Waals surface area contributed by atoms with Crippen LogP contribution in [-0.4, -0.2) is 11.9 Å². The summed E-state index contributed by atoms with van der Waals surface area (Å²) < 4.78 is 0. The SMILES string of the molecule is CC.CC(=O)NC1CCC(C)C1. The molecule has 0 saturated heterocycles. The normalized spacial score (nSPS) is 27.3. The highest BCUT2D eigenvalue weighted by Crippen LogP contribution is 2.24. The molecule has 1 amide bonds. The number of carbonyl (C=O) groups excluding carboxylic acids is 1. The Hall–Kier alpha value is -0.530. The Morgan fingerprint density at radius 2 is 1.92 bits per heavy atom. The molecule has 1 saturated carbocycles. The van der Waals surface area contributed by atoms with Crippen LogP contribution in [0.25, 0.3) is 0 Å². The first-order valence-electron chi connectivity index (χ1n) is 4.95. The molecule has 0 radical (unpaired) electrons. The fourth-order valence-electron chi connectivity index (χ4n) is 1.63. The molecule has 1 aliphatic rings. The lowest BCUT2D eigenvalue weighted by molar-refractivity contribution is -0.119. The van der Waals surface area contributed by atoms with E-state index in [1.165, 1.54) is 19.3 Å². The van der Waals surface area contributed by atoms with Crippen molar-refractivity contribution in [2.24, 2.45) is 5.92 Å². The molecular formula is C10H21NO. The molecule has 2 nitrogen and oxygen atoms in total. The second-order valence-corrected chi connectivity index (χ2v) is 3.32. The monoisotopic (exact) mass is 171 g/mol. The third-order valence-corrected chi connectivity index (χ3v) is 2.10. The Bertz CT molecular complexity index is 134. The van der Waals surface area contributed by atoms with Crippen molar-refractivity contribution >= 4 is 5.91 Å². The van der Waals surface area contributed by atoms with Crippen LogP contribution in [0.3, 0.4) is 0 Å². The fraction of sp³-hybridized carbons (Fsp3) is 0.900. The number of nitrogens with one attached hydrogen (secondary N) is 1. The molecule has 2 atom stereocenters. The highest BCUT2D eigenvalue weighted by Gasteiger charge is 2.21. The topological polar surface area (TPSA) is 29.1 Å². The largest absolute Gasteiger partial charge is 0.354 e. The Kier molecular flexibility index (Phi) is 5.77. The zero-order valence-corrected chi connectivity index (χ0v) is 8.68. The van der Waals surface area contributed by atoms with Gasteiger partial charge in [0.25, 0.3) is 0 Å². The summed E-state index contributed by atoms with van der Waals surface area (Å²) in [5, 5.41) is 2.93. The zero-order valence-electron chi connectivity index (χ0n) is 8.68. The summed E-state index contributed by atoms with van der Waals surface area (Å²) in [7, 11) is 0. The number of amides is 1. The van der Waals surface area contributed by atoms with Gasteiger partial charge in [-0.15, -0.1) is 0 Å². The summed E-state index contributed by atoms with van der Waals surface area (Å²) in [6.07, 6.45) is 3.60. The summed E-state index contributed by atoms with van der Waals surface area (Å²) in [5.74, 6) is 0.913. The maximum Gasteiger partial charge on any atom is 0.217 e. The molecular weight excluding hydrogens is 150 g/mol. The van der Waals surface area contributed by atoms with Crippen LogP contribution in [0.5, 0.6) is 0 Å². The van der Waals surface area contributed by atoms with Crippen LogP contribution in [0.15, 0.2) is 0 Å². The number of hydrogen-bond donors (Lipinski definition) is 1. The van der Waals surface area contributed by atoms with Crippen molar-refractivity contribution in [3.05, 3.63) is 0 Å². The molecule has 72 valence electrons. The van der Waals surface area contributed by atoms with Crippen LogP contribution in [0.2, 0.25) is 0 Å². The minimum atomic E-state index is 0.110. The van der Waals surface area contributed by atoms with Crippen molar-refractivity contribution in [2.45, 2.75) is 53.0 Å². The highest BCUT2D eigenvalue weighted by molar-refractivity contribution is 5.73. The van der Waals surface area contributed by atoms with Crippen LogP contribution in [-0.2, 0) is 4.79 Å². The quantitative estimate of drug-likeness (QED) is 0.644. The van der Waals surface area contributed by atoms with Crippen molar-refractivity contribution in [2.75, 3.05) is 0 Å². The molecule has 12 heavy (non-hydrogen) atoms. The molecule has 0 aliphatic heterocycles. The third kappa shape index (κ3) is 4.37. The van der Waals surface area contributed by atoms with E-state index in [4.69, 9.17) is 0 Å². The summed E-state index contributed by atoms with van der Waals surface area (Å²) in [5.41, 5.74) is 0. The minimum Gasteiger partial charge on any atom is -0.354 e. The average Bonchev–Trinajstić information content (AvgIpc) is 2.39. The number of hydrogen-bond acceptors (Lipinski definition) is 1. The number of rotatable bonds is 1. The minimum absolute atomic E-state index is 0.110. The average molecular weight is 171 g/mol. The maximum atomic E-state index is 10.6. The van der Waals surface area contributed by atoms with Crippen LogP contribution in [0.1, 0.15) is 47.0 Å². The highest BCUT2D eigenvalue weighted by atomic mass is 16.1. The molecule has 1 rings (SSSR count). The molecule has 0 bridgehead atoms. The van der Waals surface area contributed by atoms with Gasteiger partial charge in [-0.05, 0) is 25.2 Å². The first-order chi connectivity index (χ1) is 5.68. The number of carbonyl (C=O) groups is 1. The third-order valence-electron chi connectivity index (χ3n) is 2.10. The maximum absolute atomic E-state index is 10.6. The first kappa shape index (κ1) is 11.5. The van der Waals surface area contributed by atoms with Crippen LogP contribution in [0.4, 0.5) is 0 Å². The summed E-state index contributed by atoms with van der Waals surface area (Å²) in [6.45, 7) is 7.82. The van der Waals surface area contributed by atoms with E-state index in [0.29, 0.717) is 6.04 Å².